The van der Waals surface area contributed by atoms with Crippen LogP contribution in [0.5, 0.6) is 17.2 Å². The van der Waals surface area contributed by atoms with E-state index in [9.17, 15) is 26.4 Å². The van der Waals surface area contributed by atoms with Crippen LogP contribution in [0.2, 0.25) is 0 Å². The first-order valence-electron chi connectivity index (χ1n) is 10.8. The predicted octanol–water partition coefficient (Wildman–Crippen LogP) is 4.87. The lowest BCUT2D eigenvalue weighted by Gasteiger charge is -2.26. The van der Waals surface area contributed by atoms with E-state index in [-0.39, 0.29) is 27.8 Å². The van der Waals surface area contributed by atoms with Crippen LogP contribution in [-0.2, 0) is 21.0 Å². The zero-order chi connectivity index (χ0) is 27.4. The molecule has 0 heterocycles. The lowest BCUT2D eigenvalue weighted by molar-refractivity contribution is -0.137. The molecule has 0 aromatic heterocycles. The van der Waals surface area contributed by atoms with Crippen LogP contribution in [-0.4, -0.2) is 42.2 Å². The second-order valence-corrected chi connectivity index (χ2v) is 9.66. The van der Waals surface area contributed by atoms with Crippen LogP contribution in [0.25, 0.3) is 0 Å². The average Bonchev–Trinajstić information content (AvgIpc) is 2.87. The molecule has 0 radical (unpaired) electrons. The molecule has 1 amide bonds. The average molecular weight is 539 g/mol. The molecule has 0 aliphatic heterocycles. The zero-order valence-corrected chi connectivity index (χ0v) is 21.2. The van der Waals surface area contributed by atoms with E-state index < -0.39 is 34.2 Å². The van der Waals surface area contributed by atoms with Crippen LogP contribution in [0.1, 0.15) is 11.1 Å². The summed E-state index contributed by atoms with van der Waals surface area (Å²) in [5.41, 5.74) is -0.646. The van der Waals surface area contributed by atoms with E-state index in [2.05, 4.69) is 5.32 Å². The van der Waals surface area contributed by atoms with Crippen molar-refractivity contribution in [1.29, 1.82) is 0 Å². The van der Waals surface area contributed by atoms with Gasteiger partial charge in [-0.05, 0) is 55.0 Å². The minimum Gasteiger partial charge on any atom is -0.497 e. The fraction of sp³-hybridized carbons (Fsp3) is 0.240. The van der Waals surface area contributed by atoms with E-state index in [0.29, 0.717) is 21.7 Å². The molecule has 0 fully saturated rings. The third kappa shape index (κ3) is 6.26. The Morgan fingerprint density at radius 2 is 1.62 bits per heavy atom. The summed E-state index contributed by atoms with van der Waals surface area (Å²) in [4.78, 5) is 12.7. The van der Waals surface area contributed by atoms with Crippen molar-refractivity contribution in [1.82, 2.24) is 0 Å². The Morgan fingerprint density at radius 1 is 0.919 bits per heavy atom. The molecule has 198 valence electrons. The van der Waals surface area contributed by atoms with Gasteiger partial charge < -0.3 is 19.5 Å². The van der Waals surface area contributed by atoms with Crippen molar-refractivity contribution < 1.29 is 40.6 Å². The highest BCUT2D eigenvalue weighted by Crippen LogP contribution is 2.35. The van der Waals surface area contributed by atoms with Gasteiger partial charge in [0.05, 0.1) is 38.3 Å². The van der Waals surface area contributed by atoms with E-state index in [0.717, 1.165) is 12.1 Å². The Balaban J connectivity index is 2.08. The van der Waals surface area contributed by atoms with E-state index in [1.165, 1.54) is 51.7 Å². The molecule has 0 saturated heterocycles. The molecule has 0 spiro atoms. The first-order chi connectivity index (χ1) is 17.4. The lowest BCUT2D eigenvalue weighted by atomic mass is 10.2. The first kappa shape index (κ1) is 27.7. The number of carbonyl (C=O) groups is 1. The molecular formula is C25H25F3N2O6S. The quantitative estimate of drug-likeness (QED) is 0.418. The molecular weight excluding hydrogens is 513 g/mol. The fourth-order valence-electron chi connectivity index (χ4n) is 3.48. The number of carbonyl (C=O) groups excluding carboxylic acids is 1. The molecule has 0 aliphatic rings. The Hall–Kier alpha value is -3.93. The standard InChI is InChI=1S/C25H25F3N2O6S/c1-16-8-11-21(35-3)23(12-16)37(32,33)30(18-7-5-6-17(13-18)25(26,27)28)15-24(31)29-20-10-9-19(34-2)14-22(20)36-4/h5-14H,15H2,1-4H3,(H,29,31). The van der Waals surface area contributed by atoms with Crippen molar-refractivity contribution in [3.05, 3.63) is 71.8 Å². The van der Waals surface area contributed by atoms with Gasteiger partial charge in [0.2, 0.25) is 5.91 Å². The molecule has 0 atom stereocenters. The smallest absolute Gasteiger partial charge is 0.416 e. The van der Waals surface area contributed by atoms with Crippen LogP contribution >= 0.6 is 0 Å². The Bertz CT molecular complexity index is 1390. The maximum absolute atomic E-state index is 13.8. The second-order valence-electron chi connectivity index (χ2n) is 7.83. The first-order valence-corrected chi connectivity index (χ1v) is 12.2. The van der Waals surface area contributed by atoms with E-state index >= 15 is 0 Å². The highest BCUT2D eigenvalue weighted by atomic mass is 32.2. The SMILES string of the molecule is COc1ccc(NC(=O)CN(c2cccc(C(F)(F)F)c2)S(=O)(=O)c2cc(C)ccc2OC)c(OC)c1. The van der Waals surface area contributed by atoms with Crippen molar-refractivity contribution >= 4 is 27.3 Å². The number of nitrogens with zero attached hydrogens (tertiary/aromatic N) is 1. The highest BCUT2D eigenvalue weighted by molar-refractivity contribution is 7.93. The van der Waals surface area contributed by atoms with Crippen LogP contribution in [0.4, 0.5) is 24.5 Å². The number of amides is 1. The van der Waals surface area contributed by atoms with Crippen molar-refractivity contribution in [2.75, 3.05) is 37.5 Å². The van der Waals surface area contributed by atoms with Crippen molar-refractivity contribution in [2.45, 2.75) is 18.0 Å². The summed E-state index contributed by atoms with van der Waals surface area (Å²) < 4.78 is 84.0. The monoisotopic (exact) mass is 538 g/mol. The number of hydrogen-bond acceptors (Lipinski definition) is 6. The predicted molar refractivity (Wildman–Crippen MR) is 132 cm³/mol. The number of methoxy groups -OCH3 is 3. The maximum atomic E-state index is 13.8. The van der Waals surface area contributed by atoms with Gasteiger partial charge in [-0.25, -0.2) is 8.42 Å². The van der Waals surface area contributed by atoms with E-state index in [1.54, 1.807) is 19.1 Å². The molecule has 12 heteroatoms. The molecule has 3 rings (SSSR count). The topological polar surface area (TPSA) is 94.2 Å². The van der Waals surface area contributed by atoms with Crippen LogP contribution < -0.4 is 23.8 Å². The molecule has 8 nitrogen and oxygen atoms in total. The van der Waals surface area contributed by atoms with Gasteiger partial charge in [0.15, 0.2) is 0 Å². The number of hydrogen-bond donors (Lipinski definition) is 1. The summed E-state index contributed by atoms with van der Waals surface area (Å²) in [6, 6.07) is 12.6. The fourth-order valence-corrected chi connectivity index (χ4v) is 5.13. The third-order valence-corrected chi connectivity index (χ3v) is 7.11. The summed E-state index contributed by atoms with van der Waals surface area (Å²) in [7, 11) is -0.484. The Morgan fingerprint density at radius 3 is 2.24 bits per heavy atom. The number of alkyl halides is 3. The Labute approximate surface area is 212 Å². The van der Waals surface area contributed by atoms with Gasteiger partial charge in [-0.2, -0.15) is 13.2 Å². The Kier molecular flexibility index (Phi) is 8.22. The van der Waals surface area contributed by atoms with Crippen LogP contribution in [0, 0.1) is 6.92 Å². The van der Waals surface area contributed by atoms with E-state index in [1.807, 2.05) is 0 Å². The third-order valence-electron chi connectivity index (χ3n) is 5.32. The molecule has 0 bridgehead atoms. The van der Waals surface area contributed by atoms with E-state index in [4.69, 9.17) is 14.2 Å². The van der Waals surface area contributed by atoms with Crippen molar-refractivity contribution in [3.63, 3.8) is 0 Å². The van der Waals surface area contributed by atoms with Crippen molar-refractivity contribution in [2.24, 2.45) is 0 Å². The van der Waals surface area contributed by atoms with Gasteiger partial charge in [0.1, 0.15) is 28.7 Å². The molecule has 37 heavy (non-hydrogen) atoms. The van der Waals surface area contributed by atoms with Gasteiger partial charge in [-0.15, -0.1) is 0 Å². The lowest BCUT2D eigenvalue weighted by Crippen LogP contribution is -2.38. The normalized spacial score (nSPS) is 11.5. The van der Waals surface area contributed by atoms with Crippen LogP contribution in [0.3, 0.4) is 0 Å². The molecule has 0 saturated carbocycles. The highest BCUT2D eigenvalue weighted by Gasteiger charge is 2.34. The van der Waals surface area contributed by atoms with Crippen molar-refractivity contribution in [3.8, 4) is 17.2 Å². The van der Waals surface area contributed by atoms with Gasteiger partial charge >= 0.3 is 6.18 Å². The summed E-state index contributed by atoms with van der Waals surface area (Å²) in [6.07, 6.45) is -4.73. The second kappa shape index (κ2) is 11.0. The number of benzene rings is 3. The number of halogens is 3. The largest absolute Gasteiger partial charge is 0.497 e. The minimum absolute atomic E-state index is 0.0280. The molecule has 1 N–H and O–H groups in total. The number of rotatable bonds is 9. The molecule has 0 unspecified atom stereocenters. The van der Waals surface area contributed by atoms with Gasteiger partial charge in [-0.3, -0.25) is 9.10 Å². The molecule has 3 aromatic carbocycles. The molecule has 3 aromatic rings. The summed E-state index contributed by atoms with van der Waals surface area (Å²) in [6.45, 7) is 0.811. The number of sulfonamides is 1. The summed E-state index contributed by atoms with van der Waals surface area (Å²) in [5, 5.41) is 2.54. The number of anilines is 2. The van der Waals surface area contributed by atoms with Gasteiger partial charge in [0, 0.05) is 6.07 Å². The maximum Gasteiger partial charge on any atom is 0.416 e. The number of nitrogens with one attached hydrogen (secondary N) is 1. The summed E-state index contributed by atoms with van der Waals surface area (Å²) >= 11 is 0. The summed E-state index contributed by atoms with van der Waals surface area (Å²) in [5.74, 6) is -0.160. The van der Waals surface area contributed by atoms with Crippen LogP contribution in [0.15, 0.2) is 65.6 Å². The zero-order valence-electron chi connectivity index (χ0n) is 20.4. The van der Waals surface area contributed by atoms with Gasteiger partial charge in [-0.1, -0.05) is 12.1 Å². The minimum atomic E-state index is -4.73. The van der Waals surface area contributed by atoms with Gasteiger partial charge in [0.25, 0.3) is 10.0 Å². The number of aryl methyl sites for hydroxylation is 1. The number of ether oxygens (including phenoxy) is 3. The molecule has 0 aliphatic carbocycles.